The van der Waals surface area contributed by atoms with Crippen LogP contribution >= 0.6 is 0 Å². The highest BCUT2D eigenvalue weighted by Crippen LogP contribution is 2.08. The minimum absolute atomic E-state index is 0.00229. The van der Waals surface area contributed by atoms with Gasteiger partial charge < -0.3 is 20.4 Å². The number of likely N-dealkylation sites (tertiary alicyclic amines) is 1. The molecule has 0 aromatic rings. The van der Waals surface area contributed by atoms with Crippen LogP contribution in [0, 0.1) is 0 Å². The zero-order valence-corrected chi connectivity index (χ0v) is 8.64. The largest absolute Gasteiger partial charge is 0.481 e. The van der Waals surface area contributed by atoms with Crippen LogP contribution in [0.2, 0.25) is 0 Å². The summed E-state index contributed by atoms with van der Waals surface area (Å²) in [6.07, 6.45) is -0.542. The molecule has 1 aliphatic heterocycles. The van der Waals surface area contributed by atoms with Crippen molar-refractivity contribution in [2.24, 2.45) is 0 Å². The Morgan fingerprint density at radius 1 is 1.73 bits per heavy atom. The van der Waals surface area contributed by atoms with E-state index in [4.69, 9.17) is 5.11 Å². The van der Waals surface area contributed by atoms with Gasteiger partial charge in [-0.15, -0.1) is 0 Å². The molecule has 1 heterocycles. The molecule has 1 aliphatic rings. The number of carboxylic acid groups (broad SMARTS) is 1. The number of likely N-dealkylation sites (N-methyl/N-ethyl adjacent to an activating group) is 1. The first kappa shape index (κ1) is 11.9. The van der Waals surface area contributed by atoms with Gasteiger partial charge in [0.25, 0.3) is 0 Å². The fourth-order valence-corrected chi connectivity index (χ4v) is 1.56. The molecule has 6 heteroatoms. The van der Waals surface area contributed by atoms with Crippen molar-refractivity contribution in [3.8, 4) is 0 Å². The lowest BCUT2D eigenvalue weighted by Gasteiger charge is -2.14. The zero-order chi connectivity index (χ0) is 11.4. The van der Waals surface area contributed by atoms with Gasteiger partial charge >= 0.3 is 5.97 Å². The Morgan fingerprint density at radius 3 is 2.87 bits per heavy atom. The molecule has 15 heavy (non-hydrogen) atoms. The first-order valence-corrected chi connectivity index (χ1v) is 4.89. The second-order valence-electron chi connectivity index (χ2n) is 3.76. The van der Waals surface area contributed by atoms with Gasteiger partial charge in [0.2, 0.25) is 5.91 Å². The van der Waals surface area contributed by atoms with Crippen molar-refractivity contribution in [2.75, 3.05) is 20.1 Å². The molecule has 0 bridgehead atoms. The Bertz CT molecular complexity index is 256. The maximum atomic E-state index is 11.4. The van der Waals surface area contributed by atoms with Gasteiger partial charge in [0.1, 0.15) is 0 Å². The number of aliphatic hydroxyl groups excluding tert-OH is 1. The average molecular weight is 216 g/mol. The summed E-state index contributed by atoms with van der Waals surface area (Å²) in [4.78, 5) is 23.3. The molecule has 1 fully saturated rings. The predicted octanol–water partition coefficient (Wildman–Crippen LogP) is -1.36. The van der Waals surface area contributed by atoms with Crippen molar-refractivity contribution in [2.45, 2.75) is 25.0 Å². The van der Waals surface area contributed by atoms with Crippen molar-refractivity contribution in [1.82, 2.24) is 10.2 Å². The molecule has 1 amide bonds. The molecular formula is C9H16N2O4. The lowest BCUT2D eigenvalue weighted by atomic mass is 10.2. The van der Waals surface area contributed by atoms with Gasteiger partial charge in [-0.25, -0.2) is 0 Å². The molecule has 1 rings (SSSR count). The number of aliphatic hydroxyl groups is 1. The number of nitrogens with zero attached hydrogens (tertiary/aromatic N) is 1. The fraction of sp³-hybridized carbons (Fsp3) is 0.778. The molecule has 2 atom stereocenters. The summed E-state index contributed by atoms with van der Waals surface area (Å²) in [5.41, 5.74) is 0. The van der Waals surface area contributed by atoms with Crippen molar-refractivity contribution in [3.05, 3.63) is 0 Å². The third-order valence-corrected chi connectivity index (χ3v) is 2.44. The first-order chi connectivity index (χ1) is 7.00. The third kappa shape index (κ3) is 3.49. The van der Waals surface area contributed by atoms with Gasteiger partial charge in [0.15, 0.2) is 0 Å². The molecule has 86 valence electrons. The van der Waals surface area contributed by atoms with Gasteiger partial charge in [0.05, 0.1) is 18.6 Å². The molecule has 0 aromatic heterocycles. The second-order valence-corrected chi connectivity index (χ2v) is 3.76. The number of nitrogens with one attached hydrogen (secondary N) is 1. The highest BCUT2D eigenvalue weighted by molar-refractivity contribution is 5.83. The Morgan fingerprint density at radius 2 is 2.40 bits per heavy atom. The third-order valence-electron chi connectivity index (χ3n) is 2.44. The number of carbonyl (C=O) groups excluding carboxylic acids is 1. The minimum atomic E-state index is -1.04. The van der Waals surface area contributed by atoms with Crippen LogP contribution in [-0.4, -0.2) is 59.3 Å². The molecule has 0 aliphatic carbocycles. The summed E-state index contributed by atoms with van der Waals surface area (Å²) in [6.45, 7) is 0.835. The van der Waals surface area contributed by atoms with Gasteiger partial charge in [0, 0.05) is 20.1 Å². The summed E-state index contributed by atoms with van der Waals surface area (Å²) < 4.78 is 0. The quantitative estimate of drug-likeness (QED) is 0.528. The first-order valence-electron chi connectivity index (χ1n) is 4.89. The highest BCUT2D eigenvalue weighted by atomic mass is 16.4. The molecule has 0 spiro atoms. The summed E-state index contributed by atoms with van der Waals surface area (Å²) in [5.74, 6) is -1.04. The van der Waals surface area contributed by atoms with Crippen LogP contribution in [0.15, 0.2) is 0 Å². The maximum Gasteiger partial charge on any atom is 0.306 e. The van der Waals surface area contributed by atoms with Crippen LogP contribution in [0.4, 0.5) is 0 Å². The van der Waals surface area contributed by atoms with Crippen LogP contribution in [-0.2, 0) is 9.59 Å². The van der Waals surface area contributed by atoms with E-state index in [-0.39, 0.29) is 24.9 Å². The van der Waals surface area contributed by atoms with Crippen molar-refractivity contribution < 1.29 is 19.8 Å². The standard InChI is InChI=1S/C9H16N2O4/c1-11-3-2-7(9(11)15)10-5-6(12)4-8(13)14/h6-7,10,12H,2-5H2,1H3,(H,13,14). The molecule has 3 N–H and O–H groups in total. The monoisotopic (exact) mass is 216 g/mol. The molecule has 1 saturated heterocycles. The Hall–Kier alpha value is -1.14. The van der Waals surface area contributed by atoms with Crippen LogP contribution in [0.5, 0.6) is 0 Å². The summed E-state index contributed by atoms with van der Waals surface area (Å²) >= 11 is 0. The Balaban J connectivity index is 2.25. The fourth-order valence-electron chi connectivity index (χ4n) is 1.56. The van der Waals surface area contributed by atoms with Crippen LogP contribution in [0.3, 0.4) is 0 Å². The Kier molecular flexibility index (Phi) is 4.05. The van der Waals surface area contributed by atoms with E-state index < -0.39 is 12.1 Å². The number of amides is 1. The van der Waals surface area contributed by atoms with E-state index in [1.54, 1.807) is 11.9 Å². The zero-order valence-electron chi connectivity index (χ0n) is 8.64. The number of hydrogen-bond acceptors (Lipinski definition) is 4. The number of aliphatic carboxylic acids is 1. The number of carbonyl (C=O) groups is 2. The number of hydrogen-bond donors (Lipinski definition) is 3. The van der Waals surface area contributed by atoms with E-state index in [9.17, 15) is 14.7 Å². The number of carboxylic acids is 1. The van der Waals surface area contributed by atoms with Gasteiger partial charge in [-0.1, -0.05) is 0 Å². The van der Waals surface area contributed by atoms with Gasteiger partial charge in [-0.05, 0) is 6.42 Å². The summed E-state index contributed by atoms with van der Waals surface area (Å²) in [7, 11) is 1.72. The topological polar surface area (TPSA) is 89.9 Å². The second kappa shape index (κ2) is 5.09. The summed E-state index contributed by atoms with van der Waals surface area (Å²) in [6, 6.07) is -0.279. The molecule has 0 radical (unpaired) electrons. The molecule has 6 nitrogen and oxygen atoms in total. The lowest BCUT2D eigenvalue weighted by molar-refractivity contribution is -0.139. The van der Waals surface area contributed by atoms with Crippen LogP contribution in [0.25, 0.3) is 0 Å². The highest BCUT2D eigenvalue weighted by Gasteiger charge is 2.28. The van der Waals surface area contributed by atoms with E-state index in [0.29, 0.717) is 13.0 Å². The van der Waals surface area contributed by atoms with Crippen LogP contribution < -0.4 is 5.32 Å². The molecule has 0 aromatic carbocycles. The lowest BCUT2D eigenvalue weighted by Crippen LogP contribution is -2.41. The molecular weight excluding hydrogens is 200 g/mol. The van der Waals surface area contributed by atoms with E-state index in [2.05, 4.69) is 5.32 Å². The molecule has 2 unspecified atom stereocenters. The smallest absolute Gasteiger partial charge is 0.306 e. The van der Waals surface area contributed by atoms with E-state index >= 15 is 0 Å². The van der Waals surface area contributed by atoms with Crippen LogP contribution in [0.1, 0.15) is 12.8 Å². The van der Waals surface area contributed by atoms with E-state index in [1.807, 2.05) is 0 Å². The van der Waals surface area contributed by atoms with E-state index in [0.717, 1.165) is 0 Å². The normalized spacial score (nSPS) is 23.2. The summed E-state index contributed by atoms with van der Waals surface area (Å²) in [5, 5.41) is 20.5. The van der Waals surface area contributed by atoms with Crippen molar-refractivity contribution in [3.63, 3.8) is 0 Å². The minimum Gasteiger partial charge on any atom is -0.481 e. The molecule has 0 saturated carbocycles. The van der Waals surface area contributed by atoms with Crippen molar-refractivity contribution in [1.29, 1.82) is 0 Å². The maximum absolute atomic E-state index is 11.4. The van der Waals surface area contributed by atoms with Gasteiger partial charge in [-0.2, -0.15) is 0 Å². The number of rotatable bonds is 5. The van der Waals surface area contributed by atoms with Gasteiger partial charge in [-0.3, -0.25) is 9.59 Å². The SMILES string of the molecule is CN1CCC(NCC(O)CC(=O)O)C1=O. The predicted molar refractivity (Wildman–Crippen MR) is 52.3 cm³/mol. The van der Waals surface area contributed by atoms with Crippen molar-refractivity contribution >= 4 is 11.9 Å². The average Bonchev–Trinajstić information content (AvgIpc) is 2.44. The Labute approximate surface area is 87.9 Å². The van der Waals surface area contributed by atoms with E-state index in [1.165, 1.54) is 0 Å².